The predicted octanol–water partition coefficient (Wildman–Crippen LogP) is 5.18. The van der Waals surface area contributed by atoms with Gasteiger partial charge in [0.25, 0.3) is 11.8 Å². The summed E-state index contributed by atoms with van der Waals surface area (Å²) in [5, 5.41) is 5.95. The lowest BCUT2D eigenvalue weighted by molar-refractivity contribution is -0.120. The third-order valence-corrected chi connectivity index (χ3v) is 13.9. The number of urea groups is 1. The predicted molar refractivity (Wildman–Crippen MR) is 256 cm³/mol. The molecule has 4 aromatic carbocycles. The number of nitrogens with zero attached hydrogens (tertiary/aromatic N) is 6. The Morgan fingerprint density at radius 2 is 1.41 bits per heavy atom. The third-order valence-electron chi connectivity index (χ3n) is 13.9. The summed E-state index contributed by atoms with van der Waals surface area (Å²) < 4.78 is 5.93. The SMILES string of the molecule is NC(=O)/C(C1=NCC[C@@H](C2CCC(N3CCN(Cc4ccc(N5CCN(C(=O)c6cccc(N7CCC(=O)NC7=O)c6)CC5)cc4)CC3)CC2)N1)=C(/N)c1ccc(Oc2ccccc2)cc1. The molecule has 4 heterocycles. The molecule has 0 spiro atoms. The van der Waals surface area contributed by atoms with Gasteiger partial charge in [-0.05, 0) is 116 Å². The van der Waals surface area contributed by atoms with Crippen molar-refractivity contribution in [1.29, 1.82) is 0 Å². The van der Waals surface area contributed by atoms with E-state index in [1.54, 1.807) is 24.3 Å². The first-order valence-corrected chi connectivity index (χ1v) is 23.4. The zero-order chi connectivity index (χ0) is 45.6. The Kier molecular flexibility index (Phi) is 13.6. The smallest absolute Gasteiger partial charge is 0.328 e. The molecule has 1 aliphatic carbocycles. The van der Waals surface area contributed by atoms with Crippen LogP contribution >= 0.6 is 0 Å². The van der Waals surface area contributed by atoms with E-state index in [0.29, 0.717) is 72.2 Å². The second kappa shape index (κ2) is 20.2. The van der Waals surface area contributed by atoms with E-state index in [2.05, 4.69) is 49.6 Å². The monoisotopic (exact) mass is 892 g/mol. The largest absolute Gasteiger partial charge is 0.457 e. The van der Waals surface area contributed by atoms with Crippen LogP contribution in [0.3, 0.4) is 0 Å². The Morgan fingerprint density at radius 3 is 2.11 bits per heavy atom. The highest BCUT2D eigenvalue weighted by Crippen LogP contribution is 2.33. The number of aliphatic imine (C=N–C) groups is 1. The minimum absolute atomic E-state index is 0.0549. The number of piperazine rings is 2. The molecular weight excluding hydrogens is 833 g/mol. The molecule has 0 aromatic heterocycles. The number of carbonyl (C=O) groups excluding carboxylic acids is 4. The summed E-state index contributed by atoms with van der Waals surface area (Å²) >= 11 is 0. The Morgan fingerprint density at radius 1 is 0.697 bits per heavy atom. The number of ether oxygens (including phenoxy) is 1. The average Bonchev–Trinajstić information content (AvgIpc) is 3.35. The molecule has 5 amide bonds. The van der Waals surface area contributed by atoms with Crippen molar-refractivity contribution >= 4 is 46.7 Å². The summed E-state index contributed by atoms with van der Waals surface area (Å²) in [6.07, 6.45) is 5.72. The highest BCUT2D eigenvalue weighted by molar-refractivity contribution is 6.25. The number of nitrogens with two attached hydrogens (primary N) is 2. The van der Waals surface area contributed by atoms with Crippen LogP contribution in [0.15, 0.2) is 114 Å². The molecule has 1 atom stereocenters. The molecule has 6 N–H and O–H groups in total. The van der Waals surface area contributed by atoms with Crippen LogP contribution < -0.4 is 36.6 Å². The van der Waals surface area contributed by atoms with Gasteiger partial charge in [-0.25, -0.2) is 4.79 Å². The number of amides is 5. The fourth-order valence-electron chi connectivity index (χ4n) is 10.2. The second-order valence-corrected chi connectivity index (χ2v) is 18.0. The van der Waals surface area contributed by atoms with E-state index in [-0.39, 0.29) is 29.9 Å². The Labute approximate surface area is 386 Å². The number of hydrogen-bond acceptors (Lipinski definition) is 11. The van der Waals surface area contributed by atoms with Gasteiger partial charge in [-0.2, -0.15) is 0 Å². The number of amidine groups is 1. The average molecular weight is 893 g/mol. The molecule has 0 radical (unpaired) electrons. The van der Waals surface area contributed by atoms with Crippen molar-refractivity contribution in [1.82, 2.24) is 25.3 Å². The maximum absolute atomic E-state index is 13.5. The molecule has 15 heteroatoms. The van der Waals surface area contributed by atoms with Crippen LogP contribution in [0.5, 0.6) is 11.5 Å². The Balaban J connectivity index is 0.703. The van der Waals surface area contributed by atoms with Gasteiger partial charge in [-0.1, -0.05) is 36.4 Å². The zero-order valence-electron chi connectivity index (χ0n) is 37.4. The van der Waals surface area contributed by atoms with Crippen molar-refractivity contribution in [2.45, 2.75) is 57.2 Å². The molecular formula is C51H60N10O5. The number of nitrogens with one attached hydrogen (secondary N) is 2. The molecule has 4 aromatic rings. The van der Waals surface area contributed by atoms with Crippen LogP contribution in [-0.2, 0) is 16.1 Å². The van der Waals surface area contributed by atoms with Crippen LogP contribution in [-0.4, -0.2) is 122 Å². The lowest BCUT2D eigenvalue weighted by Gasteiger charge is -2.43. The molecule has 344 valence electrons. The lowest BCUT2D eigenvalue weighted by Crippen LogP contribution is -2.52. The van der Waals surface area contributed by atoms with E-state index in [9.17, 15) is 19.2 Å². The molecule has 4 fully saturated rings. The van der Waals surface area contributed by atoms with Crippen molar-refractivity contribution in [3.05, 3.63) is 125 Å². The summed E-state index contributed by atoms with van der Waals surface area (Å²) in [5.74, 6) is 1.45. The van der Waals surface area contributed by atoms with Crippen molar-refractivity contribution in [3.8, 4) is 11.5 Å². The highest BCUT2D eigenvalue weighted by atomic mass is 16.5. The summed E-state index contributed by atoms with van der Waals surface area (Å²) in [4.78, 5) is 65.9. The summed E-state index contributed by atoms with van der Waals surface area (Å²) in [6, 6.07) is 33.2. The van der Waals surface area contributed by atoms with E-state index in [1.807, 2.05) is 59.5 Å². The van der Waals surface area contributed by atoms with Gasteiger partial charge >= 0.3 is 6.03 Å². The van der Waals surface area contributed by atoms with E-state index < -0.39 is 11.9 Å². The van der Waals surface area contributed by atoms with Crippen LogP contribution in [0.25, 0.3) is 5.70 Å². The number of rotatable bonds is 12. The van der Waals surface area contributed by atoms with Crippen molar-refractivity contribution < 1.29 is 23.9 Å². The number of imide groups is 1. The molecule has 66 heavy (non-hydrogen) atoms. The molecule has 9 rings (SSSR count). The first kappa shape index (κ1) is 44.5. The molecule has 5 aliphatic rings. The van der Waals surface area contributed by atoms with Gasteiger partial charge in [-0.15, -0.1) is 0 Å². The molecule has 15 nitrogen and oxygen atoms in total. The molecule has 1 saturated carbocycles. The maximum atomic E-state index is 13.5. The van der Waals surface area contributed by atoms with E-state index in [0.717, 1.165) is 89.4 Å². The standard InChI is InChI=1S/C51H60N10O5/c52-47(37-13-19-43(20-14-37)66-42-7-2-1-3-8-42)46(48(53)63)49-54-23-21-44(55-49)36-11-17-40(18-12-36)58-27-25-57(26-28-58)34-35-9-15-39(16-10-35)59-29-31-60(32-30-59)50(64)38-5-4-6-41(33-38)61-24-22-45(62)56-51(61)65/h1-10,13-16,19-20,33,36,40,44H,11-12,17-18,21-32,34,52H2,(H2,53,63)(H,54,55)(H,56,62,65)/b47-46-/t36?,40?,44-/m0/s1. The van der Waals surface area contributed by atoms with Crippen LogP contribution in [0.4, 0.5) is 16.2 Å². The Hall–Kier alpha value is -6.71. The Bertz CT molecular complexity index is 2440. The van der Waals surface area contributed by atoms with Crippen molar-refractivity contribution in [2.24, 2.45) is 22.4 Å². The number of benzene rings is 4. The first-order valence-electron chi connectivity index (χ1n) is 23.4. The lowest BCUT2D eigenvalue weighted by atomic mass is 9.79. The fourth-order valence-corrected chi connectivity index (χ4v) is 10.2. The van der Waals surface area contributed by atoms with Gasteiger partial charge in [0, 0.05) is 107 Å². The molecule has 3 saturated heterocycles. The number of primary amides is 1. The van der Waals surface area contributed by atoms with Crippen LogP contribution in [0.2, 0.25) is 0 Å². The van der Waals surface area contributed by atoms with Crippen molar-refractivity contribution in [2.75, 3.05) is 75.2 Å². The topological polar surface area (TPSA) is 182 Å². The minimum atomic E-state index is -0.598. The summed E-state index contributed by atoms with van der Waals surface area (Å²) in [6.45, 7) is 8.76. The number of anilines is 2. The first-order chi connectivity index (χ1) is 32.1. The van der Waals surface area contributed by atoms with Gasteiger partial charge in [0.15, 0.2) is 0 Å². The summed E-state index contributed by atoms with van der Waals surface area (Å²) in [5.41, 5.74) is 17.4. The summed E-state index contributed by atoms with van der Waals surface area (Å²) in [7, 11) is 0. The fraction of sp³-hybridized carbons (Fsp3) is 0.392. The van der Waals surface area contributed by atoms with E-state index in [1.165, 1.54) is 10.5 Å². The van der Waals surface area contributed by atoms with E-state index >= 15 is 0 Å². The molecule has 0 bridgehead atoms. The van der Waals surface area contributed by atoms with Gasteiger partial charge in [0.2, 0.25) is 5.91 Å². The quantitative estimate of drug-likeness (QED) is 0.139. The van der Waals surface area contributed by atoms with Crippen LogP contribution in [0, 0.1) is 5.92 Å². The van der Waals surface area contributed by atoms with Gasteiger partial charge in [0.1, 0.15) is 22.9 Å². The number of para-hydroxylation sites is 1. The highest BCUT2D eigenvalue weighted by Gasteiger charge is 2.34. The van der Waals surface area contributed by atoms with E-state index in [4.69, 9.17) is 21.2 Å². The van der Waals surface area contributed by atoms with Crippen LogP contribution in [0.1, 0.15) is 60.0 Å². The molecule has 4 aliphatic heterocycles. The van der Waals surface area contributed by atoms with Crippen molar-refractivity contribution in [3.63, 3.8) is 0 Å². The molecule has 0 unspecified atom stereocenters. The maximum Gasteiger partial charge on any atom is 0.328 e. The number of carbonyl (C=O) groups is 4. The van der Waals surface area contributed by atoms with Gasteiger partial charge in [0.05, 0.1) is 5.70 Å². The number of hydrogen-bond donors (Lipinski definition) is 4. The third kappa shape index (κ3) is 10.4. The minimum Gasteiger partial charge on any atom is -0.457 e. The normalized spacial score (nSPS) is 22.5. The van der Waals surface area contributed by atoms with Gasteiger partial charge < -0.3 is 31.3 Å². The second-order valence-electron chi connectivity index (χ2n) is 18.0. The van der Waals surface area contributed by atoms with Gasteiger partial charge in [-0.3, -0.25) is 39.4 Å². The zero-order valence-corrected chi connectivity index (χ0v) is 37.4.